The van der Waals surface area contributed by atoms with E-state index in [9.17, 15) is 9.59 Å². The van der Waals surface area contributed by atoms with Gasteiger partial charge in [0.15, 0.2) is 5.78 Å². The van der Waals surface area contributed by atoms with Crippen LogP contribution < -0.4 is 5.73 Å². The number of rotatable bonds is 1. The molecule has 0 radical (unpaired) electrons. The number of Topliss-reactive ketones (excluding diaryl/α,β-unsaturated/α-hetero) is 1. The van der Waals surface area contributed by atoms with Crippen LogP contribution in [0.4, 0.5) is 0 Å². The molecular formula is C7H9NO3. The number of hydrogen-bond acceptors (Lipinski definition) is 3. The Balaban J connectivity index is 2.80. The third kappa shape index (κ3) is 1.46. The van der Waals surface area contributed by atoms with Crippen molar-refractivity contribution in [1.29, 1.82) is 0 Å². The molecule has 0 heterocycles. The Bertz CT molecular complexity index is 222. The van der Waals surface area contributed by atoms with Crippen LogP contribution in [0.15, 0.2) is 12.2 Å². The monoisotopic (exact) mass is 155 g/mol. The minimum absolute atomic E-state index is 0.208. The first-order valence-corrected chi connectivity index (χ1v) is 3.30. The zero-order valence-electron chi connectivity index (χ0n) is 5.86. The first kappa shape index (κ1) is 7.94. The standard InChI is InChI=1S/C7H9NO3/c8-6-4(7(10)11)2-1-3-5(6)9/h1-2,4,6H,3,8H2,(H,10,11)/t4-,6-/m0/s1. The van der Waals surface area contributed by atoms with Crippen molar-refractivity contribution in [3.8, 4) is 0 Å². The van der Waals surface area contributed by atoms with Gasteiger partial charge < -0.3 is 10.8 Å². The molecule has 0 fully saturated rings. The average Bonchev–Trinajstić information content (AvgIpc) is 1.94. The lowest BCUT2D eigenvalue weighted by molar-refractivity contribution is -0.142. The van der Waals surface area contributed by atoms with Crippen LogP contribution in [0.5, 0.6) is 0 Å². The number of nitrogens with two attached hydrogens (primary N) is 1. The predicted octanol–water partition coefficient (Wildman–Crippen LogP) is -0.457. The average molecular weight is 155 g/mol. The van der Waals surface area contributed by atoms with Gasteiger partial charge in [-0.3, -0.25) is 9.59 Å². The molecule has 0 aromatic carbocycles. The number of carbonyl (C=O) groups is 2. The van der Waals surface area contributed by atoms with Crippen molar-refractivity contribution in [3.05, 3.63) is 12.2 Å². The van der Waals surface area contributed by atoms with E-state index in [1.54, 1.807) is 6.08 Å². The zero-order valence-corrected chi connectivity index (χ0v) is 5.86. The Kier molecular flexibility index (Phi) is 2.05. The fourth-order valence-electron chi connectivity index (χ4n) is 1.02. The molecule has 1 aliphatic carbocycles. The van der Waals surface area contributed by atoms with Crippen LogP contribution in [0.25, 0.3) is 0 Å². The maximum Gasteiger partial charge on any atom is 0.312 e. The van der Waals surface area contributed by atoms with E-state index >= 15 is 0 Å². The van der Waals surface area contributed by atoms with Crippen LogP contribution in [0.1, 0.15) is 6.42 Å². The van der Waals surface area contributed by atoms with Gasteiger partial charge in [0.25, 0.3) is 0 Å². The molecule has 4 heteroatoms. The van der Waals surface area contributed by atoms with Crippen LogP contribution >= 0.6 is 0 Å². The van der Waals surface area contributed by atoms with Gasteiger partial charge in [-0.1, -0.05) is 12.2 Å². The highest BCUT2D eigenvalue weighted by atomic mass is 16.4. The summed E-state index contributed by atoms with van der Waals surface area (Å²) in [5.41, 5.74) is 5.34. The van der Waals surface area contributed by atoms with E-state index in [0.717, 1.165) is 0 Å². The fourth-order valence-corrected chi connectivity index (χ4v) is 1.02. The third-order valence-corrected chi connectivity index (χ3v) is 1.71. The van der Waals surface area contributed by atoms with E-state index in [0.29, 0.717) is 0 Å². The number of allylic oxidation sites excluding steroid dienone is 1. The Morgan fingerprint density at radius 1 is 1.73 bits per heavy atom. The van der Waals surface area contributed by atoms with Gasteiger partial charge in [0, 0.05) is 6.42 Å². The van der Waals surface area contributed by atoms with Crippen LogP contribution in [-0.4, -0.2) is 22.9 Å². The van der Waals surface area contributed by atoms with Gasteiger partial charge >= 0.3 is 5.97 Å². The van der Waals surface area contributed by atoms with Crippen molar-refractivity contribution in [3.63, 3.8) is 0 Å². The Labute approximate surface area is 63.7 Å². The second-order valence-electron chi connectivity index (χ2n) is 2.49. The van der Waals surface area contributed by atoms with Crippen molar-refractivity contribution in [2.24, 2.45) is 11.7 Å². The van der Waals surface area contributed by atoms with Crippen molar-refractivity contribution >= 4 is 11.8 Å². The number of carboxylic acids is 1. The summed E-state index contributed by atoms with van der Waals surface area (Å²) < 4.78 is 0. The molecule has 4 nitrogen and oxygen atoms in total. The molecule has 0 aromatic rings. The summed E-state index contributed by atoms with van der Waals surface area (Å²) in [4.78, 5) is 21.3. The molecule has 3 N–H and O–H groups in total. The number of ketones is 1. The summed E-state index contributed by atoms with van der Waals surface area (Å²) in [5, 5.41) is 8.54. The largest absolute Gasteiger partial charge is 0.481 e. The minimum Gasteiger partial charge on any atom is -0.481 e. The normalized spacial score (nSPS) is 30.5. The molecule has 0 bridgehead atoms. The van der Waals surface area contributed by atoms with Crippen LogP contribution in [0, 0.1) is 5.92 Å². The topological polar surface area (TPSA) is 80.4 Å². The van der Waals surface area contributed by atoms with Crippen molar-refractivity contribution in [2.45, 2.75) is 12.5 Å². The van der Waals surface area contributed by atoms with Gasteiger partial charge in [-0.15, -0.1) is 0 Å². The van der Waals surface area contributed by atoms with E-state index in [1.165, 1.54) is 6.08 Å². The fraction of sp³-hybridized carbons (Fsp3) is 0.429. The van der Waals surface area contributed by atoms with Gasteiger partial charge in [-0.2, -0.15) is 0 Å². The molecule has 0 spiro atoms. The van der Waals surface area contributed by atoms with Crippen LogP contribution in [0.2, 0.25) is 0 Å². The summed E-state index contributed by atoms with van der Waals surface area (Å²) >= 11 is 0. The highest BCUT2D eigenvalue weighted by molar-refractivity contribution is 5.92. The molecule has 0 saturated carbocycles. The lowest BCUT2D eigenvalue weighted by Crippen LogP contribution is -2.42. The molecule has 0 saturated heterocycles. The summed E-state index contributed by atoms with van der Waals surface area (Å²) in [6, 6.07) is -0.863. The smallest absolute Gasteiger partial charge is 0.312 e. The maximum atomic E-state index is 10.9. The lowest BCUT2D eigenvalue weighted by Gasteiger charge is -2.18. The molecule has 1 aliphatic rings. The Hall–Kier alpha value is -1.16. The van der Waals surface area contributed by atoms with Crippen molar-refractivity contribution in [2.75, 3.05) is 0 Å². The third-order valence-electron chi connectivity index (χ3n) is 1.71. The molecule has 1 rings (SSSR count). The number of carboxylic acid groups (broad SMARTS) is 1. The molecular weight excluding hydrogens is 146 g/mol. The van der Waals surface area contributed by atoms with Gasteiger partial charge in [-0.05, 0) is 0 Å². The van der Waals surface area contributed by atoms with E-state index in [2.05, 4.69) is 0 Å². The SMILES string of the molecule is N[C@@H]1C(=O)CC=C[C@@H]1C(=O)O. The van der Waals surface area contributed by atoms with E-state index in [1.807, 2.05) is 0 Å². The quantitative estimate of drug-likeness (QED) is 0.502. The predicted molar refractivity (Wildman–Crippen MR) is 37.9 cm³/mol. The highest BCUT2D eigenvalue weighted by Crippen LogP contribution is 2.13. The van der Waals surface area contributed by atoms with Crippen molar-refractivity contribution in [1.82, 2.24) is 0 Å². The van der Waals surface area contributed by atoms with E-state index in [-0.39, 0.29) is 12.2 Å². The second kappa shape index (κ2) is 2.84. The number of carbonyl (C=O) groups excluding carboxylic acids is 1. The molecule has 0 aromatic heterocycles. The lowest BCUT2D eigenvalue weighted by atomic mass is 9.90. The number of aliphatic carboxylic acids is 1. The molecule has 2 atom stereocenters. The molecule has 60 valence electrons. The van der Waals surface area contributed by atoms with Crippen LogP contribution in [0.3, 0.4) is 0 Å². The molecule has 0 unspecified atom stereocenters. The highest BCUT2D eigenvalue weighted by Gasteiger charge is 2.30. The van der Waals surface area contributed by atoms with Crippen LogP contribution in [-0.2, 0) is 9.59 Å². The first-order valence-electron chi connectivity index (χ1n) is 3.30. The van der Waals surface area contributed by atoms with Gasteiger partial charge in [-0.25, -0.2) is 0 Å². The van der Waals surface area contributed by atoms with Crippen molar-refractivity contribution < 1.29 is 14.7 Å². The maximum absolute atomic E-state index is 10.9. The summed E-state index contributed by atoms with van der Waals surface area (Å²) in [6.07, 6.45) is 3.27. The Morgan fingerprint density at radius 3 is 2.82 bits per heavy atom. The molecule has 0 amide bonds. The molecule has 11 heavy (non-hydrogen) atoms. The molecule has 0 aliphatic heterocycles. The second-order valence-corrected chi connectivity index (χ2v) is 2.49. The number of hydrogen-bond donors (Lipinski definition) is 2. The summed E-state index contributed by atoms with van der Waals surface area (Å²) in [5.74, 6) is -2.09. The minimum atomic E-state index is -1.04. The first-order chi connectivity index (χ1) is 5.13. The summed E-state index contributed by atoms with van der Waals surface area (Å²) in [6.45, 7) is 0. The van der Waals surface area contributed by atoms with E-state index in [4.69, 9.17) is 10.8 Å². The van der Waals surface area contributed by atoms with E-state index < -0.39 is 17.9 Å². The summed E-state index contributed by atoms with van der Waals surface area (Å²) in [7, 11) is 0. The Morgan fingerprint density at radius 2 is 2.36 bits per heavy atom. The van der Waals surface area contributed by atoms with Gasteiger partial charge in [0.05, 0.1) is 12.0 Å². The zero-order chi connectivity index (χ0) is 8.43. The van der Waals surface area contributed by atoms with Gasteiger partial charge in [0.1, 0.15) is 0 Å². The van der Waals surface area contributed by atoms with Gasteiger partial charge in [0.2, 0.25) is 0 Å².